The fraction of sp³-hybridized carbons (Fsp3) is 0.357. The van der Waals surface area contributed by atoms with Crippen LogP contribution in [0.5, 0.6) is 0 Å². The highest BCUT2D eigenvalue weighted by molar-refractivity contribution is 6.32. The van der Waals surface area contributed by atoms with E-state index in [9.17, 15) is 18.0 Å². The van der Waals surface area contributed by atoms with Crippen molar-refractivity contribution in [1.82, 2.24) is 29.7 Å². The number of aryl methyl sites for hydroxylation is 2. The lowest BCUT2D eigenvalue weighted by molar-refractivity contribution is -0.137. The third-order valence-electron chi connectivity index (χ3n) is 7.28. The third-order valence-corrected chi connectivity index (χ3v) is 7.72. The minimum Gasteiger partial charge on any atom is -0.322 e. The van der Waals surface area contributed by atoms with E-state index in [1.807, 2.05) is 20.9 Å². The summed E-state index contributed by atoms with van der Waals surface area (Å²) in [4.78, 5) is 15.3. The maximum atomic E-state index is 13.9. The van der Waals surface area contributed by atoms with Crippen molar-refractivity contribution >= 4 is 23.2 Å². The van der Waals surface area contributed by atoms with Crippen molar-refractivity contribution < 1.29 is 18.0 Å². The summed E-state index contributed by atoms with van der Waals surface area (Å²) in [6, 6.07) is 7.42. The van der Waals surface area contributed by atoms with E-state index < -0.39 is 17.6 Å². The van der Waals surface area contributed by atoms with Gasteiger partial charge in [0.15, 0.2) is 0 Å². The lowest BCUT2D eigenvalue weighted by Crippen LogP contribution is -2.29. The average Bonchev–Trinajstić information content (AvgIpc) is 3.52. The van der Waals surface area contributed by atoms with Crippen LogP contribution in [0.25, 0.3) is 16.9 Å². The Morgan fingerprint density at radius 3 is 2.52 bits per heavy atom. The highest BCUT2D eigenvalue weighted by Crippen LogP contribution is 2.39. The van der Waals surface area contributed by atoms with Crippen LogP contribution in [0.4, 0.5) is 18.9 Å². The minimum atomic E-state index is -4.66. The van der Waals surface area contributed by atoms with E-state index >= 15 is 0 Å². The quantitative estimate of drug-likeness (QED) is 0.298. The molecule has 210 valence electrons. The number of carbonyl (C=O) groups excluding carboxylic acids is 1. The van der Waals surface area contributed by atoms with Gasteiger partial charge >= 0.3 is 6.18 Å². The Morgan fingerprint density at radius 1 is 1.10 bits per heavy atom. The summed E-state index contributed by atoms with van der Waals surface area (Å²) < 4.78 is 44.9. The van der Waals surface area contributed by atoms with Crippen LogP contribution in [0, 0.1) is 13.8 Å². The van der Waals surface area contributed by atoms with Gasteiger partial charge in [-0.05, 0) is 75.2 Å². The second kappa shape index (κ2) is 11.1. The molecule has 0 radical (unpaired) electrons. The number of carbonyl (C=O) groups is 1. The average molecular weight is 572 g/mol. The summed E-state index contributed by atoms with van der Waals surface area (Å²) in [6.07, 6.45) is 1.88. The first-order valence-electron chi connectivity index (χ1n) is 13.0. The number of nitrogens with one attached hydrogen (secondary N) is 1. The fourth-order valence-corrected chi connectivity index (χ4v) is 5.17. The molecule has 0 aliphatic carbocycles. The molecule has 0 atom stereocenters. The zero-order valence-electron chi connectivity index (χ0n) is 22.4. The number of hydrogen-bond donors (Lipinski definition) is 1. The maximum Gasteiger partial charge on any atom is 0.417 e. The normalized spacial score (nSPS) is 14.5. The summed E-state index contributed by atoms with van der Waals surface area (Å²) in [5.41, 5.74) is 3.51. The van der Waals surface area contributed by atoms with Gasteiger partial charge in [-0.15, -0.1) is 5.10 Å². The molecule has 2 aromatic carbocycles. The predicted octanol–water partition coefficient (Wildman–Crippen LogP) is 6.20. The van der Waals surface area contributed by atoms with Gasteiger partial charge in [0, 0.05) is 36.1 Å². The number of alkyl halides is 3. The van der Waals surface area contributed by atoms with Crippen molar-refractivity contribution in [3.8, 4) is 16.9 Å². The molecule has 1 saturated heterocycles. The molecule has 0 unspecified atom stereocenters. The van der Waals surface area contributed by atoms with Crippen LogP contribution in [0.3, 0.4) is 0 Å². The van der Waals surface area contributed by atoms with Gasteiger partial charge in [-0.2, -0.15) is 18.3 Å². The lowest BCUT2D eigenvalue weighted by Gasteiger charge is -2.27. The number of likely N-dealkylation sites (tertiary alicyclic amines) is 1. The molecule has 1 N–H and O–H groups in total. The molecule has 8 nitrogen and oxygen atoms in total. The molecule has 40 heavy (non-hydrogen) atoms. The van der Waals surface area contributed by atoms with E-state index in [-0.39, 0.29) is 22.8 Å². The number of piperidine rings is 1. The number of benzene rings is 2. The Kier molecular flexibility index (Phi) is 7.70. The van der Waals surface area contributed by atoms with Crippen LogP contribution in [0.15, 0.2) is 42.7 Å². The van der Waals surface area contributed by atoms with E-state index in [0.717, 1.165) is 55.2 Å². The first-order valence-corrected chi connectivity index (χ1v) is 13.3. The summed E-state index contributed by atoms with van der Waals surface area (Å²) in [6.45, 7) is 5.67. The van der Waals surface area contributed by atoms with E-state index in [1.54, 1.807) is 40.0 Å². The minimum absolute atomic E-state index is 0.0333. The number of hydrogen-bond acceptors (Lipinski definition) is 5. The van der Waals surface area contributed by atoms with Gasteiger partial charge < -0.3 is 5.32 Å². The molecule has 1 aliphatic heterocycles. The molecule has 12 heteroatoms. The standard InChI is InChI=1S/C28H29ClF3N7O/c1-17-7-8-19(12-25(17)39-16-24(35-36-39)22-14-33-37(3)18(22)2)27(40)34-21-11-20(15-38-9-5-4-6-10-38)26(29)23(13-21)28(30,31)32/h7-8,11-14,16H,4-6,9-10,15H2,1-3H3,(H,34,40). The molecule has 2 aromatic heterocycles. The Morgan fingerprint density at radius 2 is 1.85 bits per heavy atom. The van der Waals surface area contributed by atoms with Crippen molar-refractivity contribution in [1.29, 1.82) is 0 Å². The van der Waals surface area contributed by atoms with E-state index in [1.165, 1.54) is 6.07 Å². The second-order valence-electron chi connectivity index (χ2n) is 10.1. The van der Waals surface area contributed by atoms with Gasteiger partial charge in [0.25, 0.3) is 5.91 Å². The molecule has 1 fully saturated rings. The van der Waals surface area contributed by atoms with Crippen molar-refractivity contribution in [2.45, 2.75) is 45.8 Å². The van der Waals surface area contributed by atoms with Gasteiger partial charge in [-0.3, -0.25) is 14.4 Å². The Hall–Kier alpha value is -3.70. The van der Waals surface area contributed by atoms with E-state index in [2.05, 4.69) is 25.6 Å². The maximum absolute atomic E-state index is 13.9. The smallest absolute Gasteiger partial charge is 0.322 e. The number of amides is 1. The Labute approximate surface area is 234 Å². The van der Waals surface area contributed by atoms with Gasteiger partial charge in [0.05, 0.1) is 28.7 Å². The number of nitrogens with zero attached hydrogens (tertiary/aromatic N) is 6. The van der Waals surface area contributed by atoms with Crippen LogP contribution in [0.1, 0.15) is 52.0 Å². The summed E-state index contributed by atoms with van der Waals surface area (Å²) in [5.74, 6) is -0.552. The Balaban J connectivity index is 1.42. The van der Waals surface area contributed by atoms with Gasteiger partial charge in [0.1, 0.15) is 5.69 Å². The van der Waals surface area contributed by atoms with Gasteiger partial charge in [-0.25, -0.2) is 4.68 Å². The van der Waals surface area contributed by atoms with E-state index in [0.29, 0.717) is 16.9 Å². The molecule has 1 aliphatic rings. The van der Waals surface area contributed by atoms with Crippen molar-refractivity contribution in [3.05, 3.63) is 75.7 Å². The molecule has 3 heterocycles. The van der Waals surface area contributed by atoms with Crippen LogP contribution in [-0.4, -0.2) is 48.7 Å². The number of anilines is 1. The van der Waals surface area contributed by atoms with Crippen LogP contribution >= 0.6 is 11.6 Å². The van der Waals surface area contributed by atoms with E-state index in [4.69, 9.17) is 11.6 Å². The van der Waals surface area contributed by atoms with Crippen LogP contribution < -0.4 is 5.32 Å². The highest BCUT2D eigenvalue weighted by Gasteiger charge is 2.35. The number of rotatable bonds is 6. The molecule has 1 amide bonds. The second-order valence-corrected chi connectivity index (χ2v) is 10.5. The van der Waals surface area contributed by atoms with Crippen LogP contribution in [-0.2, 0) is 19.8 Å². The molecule has 4 aromatic rings. The summed E-state index contributed by atoms with van der Waals surface area (Å²) in [5, 5.41) is 15.0. The zero-order chi connectivity index (χ0) is 28.6. The van der Waals surface area contributed by atoms with Crippen molar-refractivity contribution in [2.24, 2.45) is 7.05 Å². The molecular formula is C28H29ClF3N7O. The topological polar surface area (TPSA) is 80.9 Å². The molecule has 0 saturated carbocycles. The SMILES string of the molecule is Cc1ccc(C(=O)Nc2cc(CN3CCCCC3)c(Cl)c(C(F)(F)F)c2)cc1-n1cc(-c2cnn(C)c2C)nn1. The Bertz CT molecular complexity index is 1550. The summed E-state index contributed by atoms with van der Waals surface area (Å²) >= 11 is 6.22. The van der Waals surface area contributed by atoms with Crippen LogP contribution in [0.2, 0.25) is 5.02 Å². The molecule has 0 bridgehead atoms. The number of aromatic nitrogens is 5. The highest BCUT2D eigenvalue weighted by atomic mass is 35.5. The van der Waals surface area contributed by atoms with Crippen molar-refractivity contribution in [3.63, 3.8) is 0 Å². The zero-order valence-corrected chi connectivity index (χ0v) is 23.1. The lowest BCUT2D eigenvalue weighted by atomic mass is 10.0. The largest absolute Gasteiger partial charge is 0.417 e. The first-order chi connectivity index (χ1) is 19.0. The van der Waals surface area contributed by atoms with Crippen molar-refractivity contribution in [2.75, 3.05) is 18.4 Å². The first kappa shape index (κ1) is 27.9. The molecule has 5 rings (SSSR count). The predicted molar refractivity (Wildman–Crippen MR) is 147 cm³/mol. The molecule has 0 spiro atoms. The molecular weight excluding hydrogens is 543 g/mol. The number of halogens is 4. The monoisotopic (exact) mass is 571 g/mol. The fourth-order valence-electron chi connectivity index (χ4n) is 4.89. The van der Waals surface area contributed by atoms with Gasteiger partial charge in [0.2, 0.25) is 0 Å². The van der Waals surface area contributed by atoms with Gasteiger partial charge in [-0.1, -0.05) is 29.3 Å². The summed E-state index contributed by atoms with van der Waals surface area (Å²) in [7, 11) is 1.84. The third kappa shape index (κ3) is 5.75.